The highest BCUT2D eigenvalue weighted by molar-refractivity contribution is 7.91. The average molecular weight is 303 g/mol. The van der Waals surface area contributed by atoms with Crippen LogP contribution >= 0.6 is 0 Å². The number of urea groups is 1. The number of sulfone groups is 1. The number of nitrogens with zero attached hydrogens (tertiary/aromatic N) is 2. The summed E-state index contributed by atoms with van der Waals surface area (Å²) in [6, 6.07) is 0.359. The molecule has 2 aliphatic heterocycles. The molecule has 0 saturated carbocycles. The Morgan fingerprint density at radius 1 is 1.30 bits per heavy atom. The fourth-order valence-electron chi connectivity index (χ4n) is 3.12. The number of likely N-dealkylation sites (tertiary alicyclic amines) is 1. The van der Waals surface area contributed by atoms with Crippen molar-refractivity contribution in [1.29, 1.82) is 0 Å². The summed E-state index contributed by atoms with van der Waals surface area (Å²) < 4.78 is 23.2. The number of piperidine rings is 1. The summed E-state index contributed by atoms with van der Waals surface area (Å²) in [5.74, 6) is 0.519. The molecule has 20 heavy (non-hydrogen) atoms. The van der Waals surface area contributed by atoms with Crippen molar-refractivity contribution < 1.29 is 13.2 Å². The van der Waals surface area contributed by atoms with Gasteiger partial charge in [-0.05, 0) is 26.2 Å². The van der Waals surface area contributed by atoms with Gasteiger partial charge in [-0.1, -0.05) is 0 Å². The summed E-state index contributed by atoms with van der Waals surface area (Å²) in [6.45, 7) is 3.46. The summed E-state index contributed by atoms with van der Waals surface area (Å²) >= 11 is 0. The summed E-state index contributed by atoms with van der Waals surface area (Å²) in [6.07, 6.45) is 2.45. The molecule has 1 atom stereocenters. The van der Waals surface area contributed by atoms with Crippen LogP contribution in [0.1, 0.15) is 26.2 Å². The number of amides is 2. The lowest BCUT2D eigenvalue weighted by Crippen LogP contribution is -2.54. The number of carbonyl (C=O) groups excluding carboxylic acids is 1. The molecule has 0 bridgehead atoms. The predicted molar refractivity (Wildman–Crippen MR) is 78.5 cm³/mol. The average Bonchev–Trinajstić information content (AvgIpc) is 2.63. The Morgan fingerprint density at radius 2 is 1.90 bits per heavy atom. The molecule has 0 radical (unpaired) electrons. The second-order valence-corrected chi connectivity index (χ2v) is 8.67. The molecule has 116 valence electrons. The molecule has 2 heterocycles. The van der Waals surface area contributed by atoms with Gasteiger partial charge in [0.25, 0.3) is 0 Å². The molecule has 2 amide bonds. The highest BCUT2D eigenvalue weighted by Gasteiger charge is 2.40. The lowest BCUT2D eigenvalue weighted by Gasteiger charge is -2.37. The van der Waals surface area contributed by atoms with Crippen LogP contribution in [0.2, 0.25) is 0 Å². The van der Waals surface area contributed by atoms with Gasteiger partial charge in [0.1, 0.15) is 0 Å². The van der Waals surface area contributed by atoms with Crippen LogP contribution in [0.15, 0.2) is 0 Å². The van der Waals surface area contributed by atoms with Gasteiger partial charge >= 0.3 is 6.03 Å². The highest BCUT2D eigenvalue weighted by atomic mass is 32.2. The number of carbonyl (C=O) groups is 1. The first-order chi connectivity index (χ1) is 9.21. The molecule has 0 aromatic carbocycles. The van der Waals surface area contributed by atoms with Gasteiger partial charge in [0, 0.05) is 38.8 Å². The molecular formula is C13H25N3O3S. The third-order valence-electron chi connectivity index (χ3n) is 4.20. The van der Waals surface area contributed by atoms with Crippen LogP contribution in [0.3, 0.4) is 0 Å². The maximum Gasteiger partial charge on any atom is 0.319 e. The van der Waals surface area contributed by atoms with Gasteiger partial charge < -0.3 is 15.1 Å². The molecule has 1 N–H and O–H groups in total. The van der Waals surface area contributed by atoms with Crippen molar-refractivity contribution in [3.8, 4) is 0 Å². The molecule has 2 rings (SSSR count). The van der Waals surface area contributed by atoms with E-state index in [0.29, 0.717) is 12.5 Å². The molecule has 0 aromatic rings. The first-order valence-electron chi connectivity index (χ1n) is 7.15. The lowest BCUT2D eigenvalue weighted by molar-refractivity contribution is 0.147. The lowest BCUT2D eigenvalue weighted by atomic mass is 9.96. The molecule has 2 saturated heterocycles. The van der Waals surface area contributed by atoms with Gasteiger partial charge in [0.15, 0.2) is 9.84 Å². The fraction of sp³-hybridized carbons (Fsp3) is 0.923. The van der Waals surface area contributed by atoms with Crippen molar-refractivity contribution in [2.45, 2.75) is 37.8 Å². The van der Waals surface area contributed by atoms with E-state index in [9.17, 15) is 13.2 Å². The van der Waals surface area contributed by atoms with E-state index >= 15 is 0 Å². The van der Waals surface area contributed by atoms with Crippen LogP contribution in [0.4, 0.5) is 4.79 Å². The minimum Gasteiger partial charge on any atom is -0.331 e. The van der Waals surface area contributed by atoms with Crippen molar-refractivity contribution in [2.75, 3.05) is 38.7 Å². The van der Waals surface area contributed by atoms with Crippen LogP contribution < -0.4 is 5.32 Å². The summed E-state index contributed by atoms with van der Waals surface area (Å²) in [4.78, 5) is 15.3. The first-order valence-corrected chi connectivity index (χ1v) is 8.97. The van der Waals surface area contributed by atoms with Crippen molar-refractivity contribution in [2.24, 2.45) is 0 Å². The summed E-state index contributed by atoms with van der Waals surface area (Å²) in [5, 5.41) is 3.51. The molecule has 0 aromatic heterocycles. The standard InChI is InChI=1S/C13H25N3O3S/c1-13(6-9-20(18,19)10-13)14-11-4-7-16(8-5-11)12(17)15(2)3/h11,14H,4-10H2,1-3H3. The number of rotatable bonds is 2. The zero-order valence-electron chi connectivity index (χ0n) is 12.6. The number of nitrogens with one attached hydrogen (secondary N) is 1. The summed E-state index contributed by atoms with van der Waals surface area (Å²) in [5.41, 5.74) is -0.294. The van der Waals surface area contributed by atoms with Crippen molar-refractivity contribution >= 4 is 15.9 Å². The monoisotopic (exact) mass is 303 g/mol. The second-order valence-electron chi connectivity index (χ2n) is 6.49. The van der Waals surface area contributed by atoms with E-state index < -0.39 is 9.84 Å². The summed E-state index contributed by atoms with van der Waals surface area (Å²) in [7, 11) is 0.648. The Kier molecular flexibility index (Phi) is 4.30. The van der Waals surface area contributed by atoms with E-state index in [-0.39, 0.29) is 23.1 Å². The first kappa shape index (κ1) is 15.6. The minimum atomic E-state index is -2.87. The molecule has 1 unspecified atom stereocenters. The third-order valence-corrected chi connectivity index (χ3v) is 6.11. The molecule has 2 aliphatic rings. The van der Waals surface area contributed by atoms with Crippen molar-refractivity contribution in [1.82, 2.24) is 15.1 Å². The zero-order valence-corrected chi connectivity index (χ0v) is 13.4. The molecule has 0 spiro atoms. The molecule has 7 heteroatoms. The number of hydrogen-bond donors (Lipinski definition) is 1. The second kappa shape index (κ2) is 5.52. The Morgan fingerprint density at radius 3 is 2.35 bits per heavy atom. The Hall–Kier alpha value is -0.820. The van der Waals surface area contributed by atoms with Crippen LogP contribution in [-0.4, -0.2) is 74.5 Å². The topological polar surface area (TPSA) is 69.7 Å². The third kappa shape index (κ3) is 3.63. The van der Waals surface area contributed by atoms with E-state index in [4.69, 9.17) is 0 Å². The number of hydrogen-bond acceptors (Lipinski definition) is 4. The Balaban J connectivity index is 1.85. The Labute approximate surface area is 121 Å². The van der Waals surface area contributed by atoms with Crippen LogP contribution in [0.5, 0.6) is 0 Å². The molecule has 2 fully saturated rings. The largest absolute Gasteiger partial charge is 0.331 e. The molecular weight excluding hydrogens is 278 g/mol. The molecule has 6 nitrogen and oxygen atoms in total. The van der Waals surface area contributed by atoms with Crippen molar-refractivity contribution in [3.63, 3.8) is 0 Å². The van der Waals surface area contributed by atoms with Gasteiger partial charge in [-0.2, -0.15) is 0 Å². The highest BCUT2D eigenvalue weighted by Crippen LogP contribution is 2.25. The smallest absolute Gasteiger partial charge is 0.319 e. The van der Waals surface area contributed by atoms with Gasteiger partial charge in [0.2, 0.25) is 0 Å². The zero-order chi connectivity index (χ0) is 15.0. The van der Waals surface area contributed by atoms with E-state index in [1.54, 1.807) is 19.0 Å². The van der Waals surface area contributed by atoms with Gasteiger partial charge in [-0.3, -0.25) is 0 Å². The van der Waals surface area contributed by atoms with Gasteiger partial charge in [-0.15, -0.1) is 0 Å². The van der Waals surface area contributed by atoms with Crippen LogP contribution in [0, 0.1) is 0 Å². The van der Waals surface area contributed by atoms with Crippen molar-refractivity contribution in [3.05, 3.63) is 0 Å². The Bertz CT molecular complexity index is 469. The van der Waals surface area contributed by atoms with Gasteiger partial charge in [0.05, 0.1) is 11.5 Å². The van der Waals surface area contributed by atoms with Crippen LogP contribution in [0.25, 0.3) is 0 Å². The minimum absolute atomic E-state index is 0.0538. The van der Waals surface area contributed by atoms with E-state index in [1.165, 1.54) is 0 Å². The SMILES string of the molecule is CN(C)C(=O)N1CCC(NC2(C)CCS(=O)(=O)C2)CC1. The predicted octanol–water partition coefficient (Wildman–Crippen LogP) is 0.299. The van der Waals surface area contributed by atoms with E-state index in [0.717, 1.165) is 25.9 Å². The van der Waals surface area contributed by atoms with Crippen LogP contribution in [-0.2, 0) is 9.84 Å². The van der Waals surface area contributed by atoms with E-state index in [1.807, 2.05) is 11.8 Å². The quantitative estimate of drug-likeness (QED) is 0.796. The van der Waals surface area contributed by atoms with Gasteiger partial charge in [-0.25, -0.2) is 13.2 Å². The maximum atomic E-state index is 11.8. The fourth-order valence-corrected chi connectivity index (χ4v) is 5.22. The molecule has 0 aliphatic carbocycles. The maximum absolute atomic E-state index is 11.8. The van der Waals surface area contributed by atoms with E-state index in [2.05, 4.69) is 5.32 Å². The normalized spacial score (nSPS) is 30.4.